The smallest absolute Gasteiger partial charge is 0.303 e. The lowest BCUT2D eigenvalue weighted by molar-refractivity contribution is -0.138. The van der Waals surface area contributed by atoms with Crippen LogP contribution in [0.1, 0.15) is 89.9 Å². The Morgan fingerprint density at radius 2 is 0.906 bits per heavy atom. The predicted molar refractivity (Wildman–Crippen MR) is 117 cm³/mol. The van der Waals surface area contributed by atoms with Crippen molar-refractivity contribution in [1.82, 2.24) is 0 Å². The summed E-state index contributed by atoms with van der Waals surface area (Å²) in [4.78, 5) is 30.5. The summed E-state index contributed by atoms with van der Waals surface area (Å²) < 4.78 is 0. The third kappa shape index (κ3) is 21.6. The number of carbonyl (C=O) groups is 3. The molecule has 32 heavy (non-hydrogen) atoms. The molecule has 190 valence electrons. The molecule has 0 amide bonds. The van der Waals surface area contributed by atoms with E-state index in [-0.39, 0.29) is 6.29 Å². The molecule has 4 unspecified atom stereocenters. The first-order valence-corrected chi connectivity index (χ1v) is 11.4. The molecule has 0 aromatic rings. The van der Waals surface area contributed by atoms with Gasteiger partial charge < -0.3 is 40.5 Å². The number of carboxylic acid groups (broad SMARTS) is 2. The number of rotatable bonds is 20. The van der Waals surface area contributed by atoms with Gasteiger partial charge in [0.05, 0.1) is 6.61 Å². The van der Waals surface area contributed by atoms with Crippen LogP contribution in [-0.2, 0) is 14.4 Å². The van der Waals surface area contributed by atoms with E-state index in [1.807, 2.05) is 0 Å². The van der Waals surface area contributed by atoms with Gasteiger partial charge in [-0.3, -0.25) is 9.59 Å². The van der Waals surface area contributed by atoms with Crippen LogP contribution in [0.4, 0.5) is 0 Å². The van der Waals surface area contributed by atoms with Gasteiger partial charge in [0.1, 0.15) is 24.4 Å². The molecule has 0 saturated heterocycles. The first-order chi connectivity index (χ1) is 15.2. The van der Waals surface area contributed by atoms with Gasteiger partial charge in [-0.15, -0.1) is 0 Å². The number of aliphatic hydroxyl groups is 5. The molecule has 0 aliphatic rings. The highest BCUT2D eigenvalue weighted by atomic mass is 16.4. The third-order valence-electron chi connectivity index (χ3n) is 4.95. The molecule has 0 aliphatic heterocycles. The molecule has 0 aromatic heterocycles. The summed E-state index contributed by atoms with van der Waals surface area (Å²) >= 11 is 0. The SMILES string of the molecule is O=C(O)CCCCCCCCCCCCCCC(=O)O.O=CC(O)C(O)C(O)C(O)CO. The summed E-state index contributed by atoms with van der Waals surface area (Å²) in [7, 11) is 0. The van der Waals surface area contributed by atoms with Gasteiger partial charge in [0, 0.05) is 12.8 Å². The van der Waals surface area contributed by atoms with E-state index in [1.54, 1.807) is 0 Å². The molecule has 0 fully saturated rings. The molecule has 0 aromatic carbocycles. The Hall–Kier alpha value is -1.59. The largest absolute Gasteiger partial charge is 0.481 e. The minimum Gasteiger partial charge on any atom is -0.481 e. The lowest BCUT2D eigenvalue weighted by atomic mass is 10.0. The summed E-state index contributed by atoms with van der Waals surface area (Å²) in [5.74, 6) is -1.37. The minimum atomic E-state index is -1.79. The molecule has 0 aliphatic carbocycles. The van der Waals surface area contributed by atoms with Gasteiger partial charge in [0.15, 0.2) is 6.29 Å². The van der Waals surface area contributed by atoms with Crippen LogP contribution in [0, 0.1) is 0 Å². The topological polar surface area (TPSA) is 193 Å². The van der Waals surface area contributed by atoms with E-state index in [0.29, 0.717) is 12.8 Å². The number of carbonyl (C=O) groups excluding carboxylic acids is 1. The van der Waals surface area contributed by atoms with Crippen LogP contribution in [0.25, 0.3) is 0 Å². The molecule has 0 bridgehead atoms. The fourth-order valence-corrected chi connectivity index (χ4v) is 2.94. The average Bonchev–Trinajstić information content (AvgIpc) is 2.77. The van der Waals surface area contributed by atoms with Crippen molar-refractivity contribution in [3.8, 4) is 0 Å². The molecule has 0 radical (unpaired) electrons. The number of aldehydes is 1. The van der Waals surface area contributed by atoms with Crippen molar-refractivity contribution in [3.63, 3.8) is 0 Å². The Balaban J connectivity index is 0. The van der Waals surface area contributed by atoms with Gasteiger partial charge >= 0.3 is 11.9 Å². The Kier molecular flexibility index (Phi) is 23.0. The maximum Gasteiger partial charge on any atom is 0.303 e. The van der Waals surface area contributed by atoms with Crippen LogP contribution in [0.3, 0.4) is 0 Å². The van der Waals surface area contributed by atoms with Crippen molar-refractivity contribution in [2.24, 2.45) is 0 Å². The lowest BCUT2D eigenvalue weighted by Gasteiger charge is -2.22. The van der Waals surface area contributed by atoms with Crippen LogP contribution in [-0.4, -0.2) is 85.0 Å². The van der Waals surface area contributed by atoms with Crippen molar-refractivity contribution in [1.29, 1.82) is 0 Å². The number of aliphatic carboxylic acids is 2. The summed E-state index contributed by atoms with van der Waals surface area (Å²) in [5.41, 5.74) is 0. The van der Waals surface area contributed by atoms with Gasteiger partial charge in [-0.05, 0) is 12.8 Å². The summed E-state index contributed by atoms with van der Waals surface area (Å²) in [6, 6.07) is 0. The van der Waals surface area contributed by atoms with E-state index in [1.165, 1.54) is 38.5 Å². The average molecular weight is 467 g/mol. The Labute approximate surface area is 189 Å². The zero-order valence-corrected chi connectivity index (χ0v) is 18.8. The monoisotopic (exact) mass is 466 g/mol. The van der Waals surface area contributed by atoms with Gasteiger partial charge in [0.25, 0.3) is 0 Å². The molecule has 10 nitrogen and oxygen atoms in total. The van der Waals surface area contributed by atoms with Crippen molar-refractivity contribution in [2.75, 3.05) is 6.61 Å². The quantitative estimate of drug-likeness (QED) is 0.101. The van der Waals surface area contributed by atoms with Crippen molar-refractivity contribution in [2.45, 2.75) is 114 Å². The maximum atomic E-state index is 10.3. The summed E-state index contributed by atoms with van der Waals surface area (Å²) in [5, 5.41) is 60.5. The van der Waals surface area contributed by atoms with E-state index in [0.717, 1.165) is 38.5 Å². The highest BCUT2D eigenvalue weighted by Crippen LogP contribution is 2.13. The molecule has 0 saturated carbocycles. The number of hydrogen-bond donors (Lipinski definition) is 7. The molecular formula is C22H42O10. The van der Waals surface area contributed by atoms with E-state index < -0.39 is 43.0 Å². The highest BCUT2D eigenvalue weighted by molar-refractivity contribution is 5.66. The standard InChI is InChI=1S/C16H30O4.C6H12O6/c17-15(18)13-11-9-7-5-3-1-2-4-6-8-10-12-14-16(19)20;7-1-3(9)5(11)6(12)4(10)2-8/h1-14H2,(H,17,18)(H,19,20);1,3-6,8-12H,2H2. The first-order valence-electron chi connectivity index (χ1n) is 11.4. The fourth-order valence-electron chi connectivity index (χ4n) is 2.94. The van der Waals surface area contributed by atoms with Gasteiger partial charge in [-0.25, -0.2) is 0 Å². The van der Waals surface area contributed by atoms with Crippen LogP contribution in [0.2, 0.25) is 0 Å². The van der Waals surface area contributed by atoms with Gasteiger partial charge in [-0.1, -0.05) is 64.2 Å². The number of aliphatic hydroxyl groups excluding tert-OH is 5. The van der Waals surface area contributed by atoms with Crippen molar-refractivity contribution in [3.05, 3.63) is 0 Å². The highest BCUT2D eigenvalue weighted by Gasteiger charge is 2.29. The minimum absolute atomic E-state index is 0.0258. The molecule has 7 N–H and O–H groups in total. The zero-order chi connectivity index (χ0) is 24.8. The molecule has 0 heterocycles. The van der Waals surface area contributed by atoms with E-state index >= 15 is 0 Å². The predicted octanol–water partition coefficient (Wildman–Crippen LogP) is 1.24. The zero-order valence-electron chi connectivity index (χ0n) is 18.8. The fraction of sp³-hybridized carbons (Fsp3) is 0.864. The van der Waals surface area contributed by atoms with Crippen LogP contribution < -0.4 is 0 Å². The Morgan fingerprint density at radius 3 is 1.16 bits per heavy atom. The number of unbranched alkanes of at least 4 members (excludes halogenated alkanes) is 11. The normalized spacial score (nSPS) is 14.5. The van der Waals surface area contributed by atoms with Gasteiger partial charge in [-0.2, -0.15) is 0 Å². The first kappa shape index (κ1) is 32.6. The summed E-state index contributed by atoms with van der Waals surface area (Å²) in [6.45, 7) is -0.760. The Bertz CT molecular complexity index is 446. The Morgan fingerprint density at radius 1 is 0.594 bits per heavy atom. The van der Waals surface area contributed by atoms with Crippen molar-refractivity contribution < 1.29 is 50.1 Å². The molecular weight excluding hydrogens is 424 g/mol. The maximum absolute atomic E-state index is 10.3. The summed E-state index contributed by atoms with van der Waals surface area (Å²) in [6.07, 6.45) is 7.28. The number of hydrogen-bond acceptors (Lipinski definition) is 8. The molecule has 0 rings (SSSR count). The molecule has 4 atom stereocenters. The van der Waals surface area contributed by atoms with E-state index in [4.69, 9.17) is 35.7 Å². The van der Waals surface area contributed by atoms with Crippen molar-refractivity contribution >= 4 is 18.2 Å². The third-order valence-corrected chi connectivity index (χ3v) is 4.95. The van der Waals surface area contributed by atoms with Crippen LogP contribution in [0.15, 0.2) is 0 Å². The second-order valence-corrected chi connectivity index (χ2v) is 7.89. The van der Waals surface area contributed by atoms with Crippen LogP contribution in [0.5, 0.6) is 0 Å². The van der Waals surface area contributed by atoms with E-state index in [9.17, 15) is 14.4 Å². The molecule has 0 spiro atoms. The van der Waals surface area contributed by atoms with E-state index in [2.05, 4.69) is 0 Å². The second-order valence-electron chi connectivity index (χ2n) is 7.89. The van der Waals surface area contributed by atoms with Crippen LogP contribution >= 0.6 is 0 Å². The molecule has 10 heteroatoms. The second kappa shape index (κ2) is 22.6. The number of carboxylic acids is 2. The van der Waals surface area contributed by atoms with Gasteiger partial charge in [0.2, 0.25) is 0 Å². The lowest BCUT2D eigenvalue weighted by Crippen LogP contribution is -2.46.